The predicted octanol–water partition coefficient (Wildman–Crippen LogP) is 0.742. The van der Waals surface area contributed by atoms with Gasteiger partial charge in [0.25, 0.3) is 5.91 Å². The molecule has 150 valence electrons. The SMILES string of the molecule is CCN(CC)C(=O)CNC(=O)c1cccc(S(=O)(=O)NCC2CCCO2)c1. The van der Waals surface area contributed by atoms with Gasteiger partial charge in [0.15, 0.2) is 0 Å². The summed E-state index contributed by atoms with van der Waals surface area (Å²) in [5.41, 5.74) is 0.183. The van der Waals surface area contributed by atoms with Crippen LogP contribution in [0.5, 0.6) is 0 Å². The molecule has 2 rings (SSSR count). The number of rotatable bonds is 9. The zero-order valence-electron chi connectivity index (χ0n) is 15.7. The lowest BCUT2D eigenvalue weighted by atomic mass is 10.2. The topological polar surface area (TPSA) is 105 Å². The number of amides is 2. The second-order valence-corrected chi connectivity index (χ2v) is 8.03. The summed E-state index contributed by atoms with van der Waals surface area (Å²) in [6.07, 6.45) is 1.64. The number of nitrogens with zero attached hydrogens (tertiary/aromatic N) is 1. The fraction of sp³-hybridized carbons (Fsp3) is 0.556. The van der Waals surface area contributed by atoms with Crippen LogP contribution >= 0.6 is 0 Å². The molecule has 2 N–H and O–H groups in total. The Hall–Kier alpha value is -1.97. The van der Waals surface area contributed by atoms with Crippen molar-refractivity contribution in [2.75, 3.05) is 32.8 Å². The van der Waals surface area contributed by atoms with Gasteiger partial charge in [-0.05, 0) is 44.9 Å². The molecule has 1 fully saturated rings. The Bertz CT molecular complexity index is 756. The molecule has 1 heterocycles. The van der Waals surface area contributed by atoms with Crippen LogP contribution in [-0.4, -0.2) is 64.0 Å². The lowest BCUT2D eigenvalue weighted by Crippen LogP contribution is -2.40. The summed E-state index contributed by atoms with van der Waals surface area (Å²) in [6.45, 7) is 5.58. The molecule has 0 bridgehead atoms. The summed E-state index contributed by atoms with van der Waals surface area (Å²) >= 11 is 0. The van der Waals surface area contributed by atoms with Gasteiger partial charge in [-0.25, -0.2) is 13.1 Å². The van der Waals surface area contributed by atoms with Crippen LogP contribution < -0.4 is 10.0 Å². The standard InChI is InChI=1S/C18H27N3O5S/c1-3-21(4-2)17(22)13-19-18(23)14-7-5-9-16(11-14)27(24,25)20-12-15-8-6-10-26-15/h5,7,9,11,15,20H,3-4,6,8,10,12-13H2,1-2H3,(H,19,23). The lowest BCUT2D eigenvalue weighted by Gasteiger charge is -2.18. The summed E-state index contributed by atoms with van der Waals surface area (Å²) in [6, 6.07) is 5.74. The Morgan fingerprint density at radius 3 is 2.63 bits per heavy atom. The van der Waals surface area contributed by atoms with E-state index in [9.17, 15) is 18.0 Å². The minimum absolute atomic E-state index is 0.00298. The first-order valence-electron chi connectivity index (χ1n) is 9.14. The number of ether oxygens (including phenoxy) is 1. The number of sulfonamides is 1. The molecule has 9 heteroatoms. The van der Waals surface area contributed by atoms with Crippen molar-refractivity contribution >= 4 is 21.8 Å². The minimum Gasteiger partial charge on any atom is -0.377 e. The van der Waals surface area contributed by atoms with Crippen LogP contribution in [0, 0.1) is 0 Å². The van der Waals surface area contributed by atoms with Crippen molar-refractivity contribution < 1.29 is 22.7 Å². The molecule has 0 aromatic heterocycles. The van der Waals surface area contributed by atoms with Crippen molar-refractivity contribution in [1.82, 2.24) is 14.9 Å². The number of nitrogens with one attached hydrogen (secondary N) is 2. The molecule has 1 aliphatic rings. The number of carbonyl (C=O) groups excluding carboxylic acids is 2. The van der Waals surface area contributed by atoms with Crippen LogP contribution in [0.3, 0.4) is 0 Å². The predicted molar refractivity (Wildman–Crippen MR) is 101 cm³/mol. The molecule has 1 saturated heterocycles. The van der Waals surface area contributed by atoms with E-state index >= 15 is 0 Å². The molecule has 2 amide bonds. The fourth-order valence-corrected chi connectivity index (χ4v) is 3.95. The zero-order valence-corrected chi connectivity index (χ0v) is 16.5. The highest BCUT2D eigenvalue weighted by Gasteiger charge is 2.21. The van der Waals surface area contributed by atoms with Crippen molar-refractivity contribution in [2.24, 2.45) is 0 Å². The summed E-state index contributed by atoms with van der Waals surface area (Å²) in [5.74, 6) is -0.679. The highest BCUT2D eigenvalue weighted by molar-refractivity contribution is 7.89. The van der Waals surface area contributed by atoms with Crippen LogP contribution in [0.2, 0.25) is 0 Å². The van der Waals surface area contributed by atoms with Gasteiger partial charge in [-0.1, -0.05) is 6.07 Å². The van der Waals surface area contributed by atoms with Gasteiger partial charge >= 0.3 is 0 Å². The second kappa shape index (κ2) is 9.82. The average molecular weight is 397 g/mol. The number of benzene rings is 1. The van der Waals surface area contributed by atoms with Crippen LogP contribution in [0.4, 0.5) is 0 Å². The first kappa shape index (κ1) is 21.3. The highest BCUT2D eigenvalue weighted by Crippen LogP contribution is 2.14. The van der Waals surface area contributed by atoms with Crippen LogP contribution in [0.1, 0.15) is 37.0 Å². The number of hydrogen-bond donors (Lipinski definition) is 2. The van der Waals surface area contributed by atoms with Gasteiger partial charge in [0, 0.05) is 31.8 Å². The van der Waals surface area contributed by atoms with Crippen LogP contribution in [0.15, 0.2) is 29.2 Å². The lowest BCUT2D eigenvalue weighted by molar-refractivity contribution is -0.129. The smallest absolute Gasteiger partial charge is 0.251 e. The maximum atomic E-state index is 12.4. The number of carbonyl (C=O) groups is 2. The molecule has 1 aliphatic heterocycles. The van der Waals surface area contributed by atoms with E-state index in [0.29, 0.717) is 19.7 Å². The summed E-state index contributed by atoms with van der Waals surface area (Å²) in [7, 11) is -3.74. The van der Waals surface area contributed by atoms with Crippen molar-refractivity contribution in [3.05, 3.63) is 29.8 Å². The molecule has 0 spiro atoms. The first-order chi connectivity index (χ1) is 12.9. The Morgan fingerprint density at radius 1 is 1.26 bits per heavy atom. The van der Waals surface area contributed by atoms with E-state index in [-0.39, 0.29) is 35.6 Å². The molecule has 0 saturated carbocycles. The van der Waals surface area contributed by atoms with Crippen LogP contribution in [-0.2, 0) is 19.6 Å². The second-order valence-electron chi connectivity index (χ2n) is 6.26. The van der Waals surface area contributed by atoms with Gasteiger partial charge < -0.3 is 15.0 Å². The minimum atomic E-state index is -3.74. The monoisotopic (exact) mass is 397 g/mol. The fourth-order valence-electron chi connectivity index (χ4n) is 2.84. The van der Waals surface area contributed by atoms with E-state index in [2.05, 4.69) is 10.0 Å². The third-order valence-electron chi connectivity index (χ3n) is 4.45. The molecule has 8 nitrogen and oxygen atoms in total. The Balaban J connectivity index is 1.98. The van der Waals surface area contributed by atoms with E-state index in [1.807, 2.05) is 13.8 Å². The van der Waals surface area contributed by atoms with Gasteiger partial charge in [0.2, 0.25) is 15.9 Å². The van der Waals surface area contributed by atoms with Gasteiger partial charge in [-0.2, -0.15) is 0 Å². The van der Waals surface area contributed by atoms with Crippen LogP contribution in [0.25, 0.3) is 0 Å². The number of likely N-dealkylation sites (N-methyl/N-ethyl adjacent to an activating group) is 1. The molecular weight excluding hydrogens is 370 g/mol. The van der Waals surface area contributed by atoms with Gasteiger partial charge in [-0.3, -0.25) is 9.59 Å². The molecule has 1 aromatic carbocycles. The average Bonchev–Trinajstić information content (AvgIpc) is 3.19. The maximum Gasteiger partial charge on any atom is 0.251 e. The van der Waals surface area contributed by atoms with Gasteiger partial charge in [0.1, 0.15) is 0 Å². The first-order valence-corrected chi connectivity index (χ1v) is 10.6. The van der Waals surface area contributed by atoms with E-state index < -0.39 is 15.9 Å². The molecule has 27 heavy (non-hydrogen) atoms. The van der Waals surface area contributed by atoms with E-state index in [4.69, 9.17) is 4.74 Å². The third-order valence-corrected chi connectivity index (χ3v) is 5.87. The summed E-state index contributed by atoms with van der Waals surface area (Å²) < 4.78 is 32.8. The van der Waals surface area contributed by atoms with Crippen molar-refractivity contribution in [3.63, 3.8) is 0 Å². The highest BCUT2D eigenvalue weighted by atomic mass is 32.2. The molecule has 0 aliphatic carbocycles. The molecule has 0 radical (unpaired) electrons. The summed E-state index contributed by atoms with van der Waals surface area (Å²) in [4.78, 5) is 25.9. The van der Waals surface area contributed by atoms with E-state index in [0.717, 1.165) is 12.8 Å². The van der Waals surface area contributed by atoms with E-state index in [1.54, 1.807) is 4.90 Å². The third kappa shape index (κ3) is 6.02. The Kier molecular flexibility index (Phi) is 7.76. The molecule has 1 aromatic rings. The molecular formula is C18H27N3O5S. The quantitative estimate of drug-likeness (QED) is 0.640. The summed E-state index contributed by atoms with van der Waals surface area (Å²) in [5, 5.41) is 2.54. The Labute approximate surface area is 160 Å². The zero-order chi connectivity index (χ0) is 19.9. The van der Waals surface area contributed by atoms with E-state index in [1.165, 1.54) is 24.3 Å². The Morgan fingerprint density at radius 2 is 2.00 bits per heavy atom. The van der Waals surface area contributed by atoms with Crippen molar-refractivity contribution in [2.45, 2.75) is 37.7 Å². The van der Waals surface area contributed by atoms with Gasteiger partial charge in [0.05, 0.1) is 17.5 Å². The maximum absolute atomic E-state index is 12.4. The number of hydrogen-bond acceptors (Lipinski definition) is 5. The molecule has 1 unspecified atom stereocenters. The normalized spacial score (nSPS) is 16.9. The molecule has 1 atom stereocenters. The van der Waals surface area contributed by atoms with Crippen molar-refractivity contribution in [3.8, 4) is 0 Å². The largest absolute Gasteiger partial charge is 0.377 e. The van der Waals surface area contributed by atoms with Crippen molar-refractivity contribution in [1.29, 1.82) is 0 Å². The van der Waals surface area contributed by atoms with Gasteiger partial charge in [-0.15, -0.1) is 0 Å².